The molecule has 1 unspecified atom stereocenters. The van der Waals surface area contributed by atoms with Crippen LogP contribution in [-0.2, 0) is 0 Å². The quantitative estimate of drug-likeness (QED) is 0.863. The van der Waals surface area contributed by atoms with Crippen LogP contribution < -0.4 is 15.8 Å². The molecule has 0 radical (unpaired) electrons. The van der Waals surface area contributed by atoms with Gasteiger partial charge in [-0.25, -0.2) is 0 Å². The second kappa shape index (κ2) is 5.91. The molecule has 0 heterocycles. The van der Waals surface area contributed by atoms with Gasteiger partial charge in [0.2, 0.25) is 0 Å². The van der Waals surface area contributed by atoms with Crippen LogP contribution in [-0.4, -0.2) is 19.7 Å². The number of nitrogens with one attached hydrogen (secondary N) is 1. The zero-order chi connectivity index (χ0) is 13.1. The van der Waals surface area contributed by atoms with E-state index in [1.54, 1.807) is 0 Å². The molecule has 4 heteroatoms. The number of hydrogen-bond donors (Lipinski definition) is 2. The van der Waals surface area contributed by atoms with Gasteiger partial charge in [0.05, 0.1) is 11.6 Å². The van der Waals surface area contributed by atoms with E-state index in [1.165, 1.54) is 5.56 Å². The number of rotatable bonds is 5. The Morgan fingerprint density at radius 3 is 2.72 bits per heavy atom. The molecule has 18 heavy (non-hydrogen) atoms. The molecule has 0 saturated heterocycles. The van der Waals surface area contributed by atoms with Crippen molar-refractivity contribution in [3.05, 3.63) is 28.8 Å². The van der Waals surface area contributed by atoms with E-state index in [1.807, 2.05) is 26.1 Å². The van der Waals surface area contributed by atoms with Crippen molar-refractivity contribution >= 4 is 11.6 Å². The molecule has 1 aromatic carbocycles. The molecule has 3 N–H and O–H groups in total. The lowest BCUT2D eigenvalue weighted by atomic mass is 9.74. The van der Waals surface area contributed by atoms with E-state index in [-0.39, 0.29) is 0 Å². The molecule has 0 spiro atoms. The zero-order valence-corrected chi connectivity index (χ0v) is 11.7. The topological polar surface area (TPSA) is 47.3 Å². The fourth-order valence-corrected chi connectivity index (χ4v) is 2.88. The predicted octanol–water partition coefficient (Wildman–Crippen LogP) is 2.74. The van der Waals surface area contributed by atoms with E-state index < -0.39 is 0 Å². The molecule has 1 aromatic rings. The summed E-state index contributed by atoms with van der Waals surface area (Å²) in [4.78, 5) is 0. The molecular weight excluding hydrogens is 248 g/mol. The molecule has 0 aromatic heterocycles. The summed E-state index contributed by atoms with van der Waals surface area (Å²) in [5, 5.41) is 4.04. The molecule has 1 aliphatic rings. The lowest BCUT2D eigenvalue weighted by Gasteiger charge is -2.38. The molecule has 1 fully saturated rings. The summed E-state index contributed by atoms with van der Waals surface area (Å²) in [5.74, 6) is 1.36. The van der Waals surface area contributed by atoms with Gasteiger partial charge in [0, 0.05) is 12.1 Å². The van der Waals surface area contributed by atoms with Crippen molar-refractivity contribution in [3.8, 4) is 5.75 Å². The Hall–Kier alpha value is -0.770. The van der Waals surface area contributed by atoms with Crippen LogP contribution in [0, 0.1) is 5.92 Å². The lowest BCUT2D eigenvalue weighted by Crippen LogP contribution is -2.42. The SMILES string of the molecule is CCOc1ccc(C(NC)C2CC(N)C2)cc1Cl. The molecule has 100 valence electrons. The highest BCUT2D eigenvalue weighted by Gasteiger charge is 2.33. The van der Waals surface area contributed by atoms with E-state index in [9.17, 15) is 0 Å². The fourth-order valence-electron chi connectivity index (χ4n) is 2.64. The molecular formula is C14H21ClN2O. The van der Waals surface area contributed by atoms with Gasteiger partial charge in [-0.15, -0.1) is 0 Å². The van der Waals surface area contributed by atoms with Crippen molar-refractivity contribution in [2.75, 3.05) is 13.7 Å². The van der Waals surface area contributed by atoms with Crippen LogP contribution in [0.15, 0.2) is 18.2 Å². The normalized spacial score (nSPS) is 24.4. The van der Waals surface area contributed by atoms with E-state index >= 15 is 0 Å². The second-order valence-electron chi connectivity index (χ2n) is 4.88. The third-order valence-corrected chi connectivity index (χ3v) is 3.90. The Kier molecular flexibility index (Phi) is 4.49. The minimum Gasteiger partial charge on any atom is -0.492 e. The molecule has 1 aliphatic carbocycles. The van der Waals surface area contributed by atoms with Gasteiger partial charge in [-0.2, -0.15) is 0 Å². The van der Waals surface area contributed by atoms with Crippen LogP contribution in [0.5, 0.6) is 5.75 Å². The van der Waals surface area contributed by atoms with Gasteiger partial charge in [-0.05, 0) is 50.4 Å². The minimum absolute atomic E-state index is 0.331. The average Bonchev–Trinajstić information content (AvgIpc) is 2.31. The second-order valence-corrected chi connectivity index (χ2v) is 5.29. The Balaban J connectivity index is 2.13. The van der Waals surface area contributed by atoms with Gasteiger partial charge < -0.3 is 15.8 Å². The summed E-state index contributed by atoms with van der Waals surface area (Å²) in [7, 11) is 1.98. The number of hydrogen-bond acceptors (Lipinski definition) is 3. The standard InChI is InChI=1S/C14H21ClN2O/c1-3-18-13-5-4-9(8-12(13)15)14(17-2)10-6-11(16)7-10/h4-5,8,10-11,14,17H,3,6-7,16H2,1-2H3. The monoisotopic (exact) mass is 268 g/mol. The van der Waals surface area contributed by atoms with Crippen molar-refractivity contribution in [1.82, 2.24) is 5.32 Å². The largest absolute Gasteiger partial charge is 0.492 e. The molecule has 3 nitrogen and oxygen atoms in total. The number of benzene rings is 1. The fraction of sp³-hybridized carbons (Fsp3) is 0.571. The van der Waals surface area contributed by atoms with E-state index in [4.69, 9.17) is 22.1 Å². The summed E-state index contributed by atoms with van der Waals surface area (Å²) >= 11 is 6.23. The van der Waals surface area contributed by atoms with Crippen LogP contribution in [0.3, 0.4) is 0 Å². The maximum absolute atomic E-state index is 6.23. The van der Waals surface area contributed by atoms with Crippen molar-refractivity contribution in [2.24, 2.45) is 11.7 Å². The third-order valence-electron chi connectivity index (χ3n) is 3.61. The first kappa shape index (κ1) is 13.7. The van der Waals surface area contributed by atoms with Gasteiger partial charge in [0.15, 0.2) is 0 Å². The molecule has 0 aliphatic heterocycles. The number of nitrogens with two attached hydrogens (primary N) is 1. The highest BCUT2D eigenvalue weighted by Crippen LogP contribution is 2.38. The highest BCUT2D eigenvalue weighted by atomic mass is 35.5. The first-order chi connectivity index (χ1) is 8.65. The van der Waals surface area contributed by atoms with Crippen molar-refractivity contribution in [2.45, 2.75) is 31.8 Å². The molecule has 0 amide bonds. The maximum Gasteiger partial charge on any atom is 0.137 e. The summed E-state index contributed by atoms with van der Waals surface area (Å²) in [5.41, 5.74) is 7.07. The van der Waals surface area contributed by atoms with Crippen molar-refractivity contribution < 1.29 is 4.74 Å². The van der Waals surface area contributed by atoms with Gasteiger partial charge in [0.25, 0.3) is 0 Å². The average molecular weight is 269 g/mol. The van der Waals surface area contributed by atoms with Crippen LogP contribution in [0.4, 0.5) is 0 Å². The summed E-state index contributed by atoms with van der Waals surface area (Å²) in [6.45, 7) is 2.59. The van der Waals surface area contributed by atoms with Gasteiger partial charge >= 0.3 is 0 Å². The molecule has 0 bridgehead atoms. The summed E-state index contributed by atoms with van der Waals surface area (Å²) in [6.07, 6.45) is 2.16. The first-order valence-electron chi connectivity index (χ1n) is 6.50. The van der Waals surface area contributed by atoms with Crippen LogP contribution in [0.25, 0.3) is 0 Å². The summed E-state index contributed by atoms with van der Waals surface area (Å²) in [6, 6.07) is 6.73. The lowest BCUT2D eigenvalue weighted by molar-refractivity contribution is 0.204. The molecule has 1 saturated carbocycles. The van der Waals surface area contributed by atoms with Crippen LogP contribution >= 0.6 is 11.6 Å². The Morgan fingerprint density at radius 1 is 1.50 bits per heavy atom. The number of halogens is 1. The third kappa shape index (κ3) is 2.79. The van der Waals surface area contributed by atoms with Crippen LogP contribution in [0.1, 0.15) is 31.4 Å². The van der Waals surface area contributed by atoms with E-state index in [0.717, 1.165) is 18.6 Å². The Morgan fingerprint density at radius 2 is 2.22 bits per heavy atom. The smallest absolute Gasteiger partial charge is 0.137 e. The van der Waals surface area contributed by atoms with Gasteiger partial charge in [-0.1, -0.05) is 17.7 Å². The highest BCUT2D eigenvalue weighted by molar-refractivity contribution is 6.32. The van der Waals surface area contributed by atoms with E-state index in [0.29, 0.717) is 29.6 Å². The molecule has 2 rings (SSSR count). The van der Waals surface area contributed by atoms with Crippen LogP contribution in [0.2, 0.25) is 5.02 Å². The maximum atomic E-state index is 6.23. The van der Waals surface area contributed by atoms with Gasteiger partial charge in [-0.3, -0.25) is 0 Å². The zero-order valence-electron chi connectivity index (χ0n) is 10.9. The Bertz CT molecular complexity index is 405. The number of ether oxygens (including phenoxy) is 1. The predicted molar refractivity (Wildman–Crippen MR) is 75.1 cm³/mol. The Labute approximate surface area is 114 Å². The van der Waals surface area contributed by atoms with Crippen molar-refractivity contribution in [1.29, 1.82) is 0 Å². The van der Waals surface area contributed by atoms with Gasteiger partial charge in [0.1, 0.15) is 5.75 Å². The molecule has 1 atom stereocenters. The summed E-state index contributed by atoms with van der Waals surface area (Å²) < 4.78 is 5.45. The first-order valence-corrected chi connectivity index (χ1v) is 6.88. The minimum atomic E-state index is 0.331. The van der Waals surface area contributed by atoms with E-state index in [2.05, 4.69) is 11.4 Å². The van der Waals surface area contributed by atoms with Crippen molar-refractivity contribution in [3.63, 3.8) is 0 Å².